The van der Waals surface area contributed by atoms with Crippen molar-refractivity contribution in [2.75, 3.05) is 25.2 Å². The van der Waals surface area contributed by atoms with Crippen LogP contribution in [0.25, 0.3) is 6.08 Å². The highest BCUT2D eigenvalue weighted by atomic mass is 32.2. The fourth-order valence-electron chi connectivity index (χ4n) is 2.80. The molecule has 1 amide bonds. The molecule has 0 bridgehead atoms. The Labute approximate surface area is 193 Å². The summed E-state index contributed by atoms with van der Waals surface area (Å²) in [6.07, 6.45) is 1.64. The van der Waals surface area contributed by atoms with E-state index in [4.69, 9.17) is 26.4 Å². The molecule has 0 radical (unpaired) electrons. The van der Waals surface area contributed by atoms with E-state index in [1.165, 1.54) is 36.3 Å². The lowest BCUT2D eigenvalue weighted by atomic mass is 10.1. The molecular formula is C21H18N2O7S2. The number of amides is 1. The van der Waals surface area contributed by atoms with E-state index in [-0.39, 0.29) is 24.8 Å². The first-order valence-corrected chi connectivity index (χ1v) is 10.6. The van der Waals surface area contributed by atoms with Crippen LogP contribution in [-0.4, -0.2) is 41.4 Å². The number of rotatable bonds is 8. The van der Waals surface area contributed by atoms with Crippen molar-refractivity contribution in [3.63, 3.8) is 0 Å². The molecule has 1 aliphatic rings. The van der Waals surface area contributed by atoms with Crippen LogP contribution in [0.4, 0.5) is 11.4 Å². The number of anilines is 1. The molecule has 9 nitrogen and oxygen atoms in total. The largest absolute Gasteiger partial charge is 0.493 e. The maximum absolute atomic E-state index is 12.9. The minimum Gasteiger partial charge on any atom is -0.493 e. The number of non-ortho nitro benzene ring substituents is 1. The molecule has 3 rings (SSSR count). The first-order valence-electron chi connectivity index (χ1n) is 9.33. The molecule has 0 aliphatic carbocycles. The van der Waals surface area contributed by atoms with Crippen LogP contribution in [0.15, 0.2) is 47.4 Å². The number of esters is 1. The SMILES string of the molecule is CCOC(=O)COc1cc(/C=C2/SC(=S)N(c3ccc([N+](=O)[O-])cc3)C2=O)ccc1OC. The average molecular weight is 475 g/mol. The zero-order valence-corrected chi connectivity index (χ0v) is 18.7. The van der Waals surface area contributed by atoms with E-state index >= 15 is 0 Å². The number of ether oxygens (including phenoxy) is 3. The fraction of sp³-hybridized carbons (Fsp3) is 0.190. The third-order valence-electron chi connectivity index (χ3n) is 4.25. The molecule has 2 aromatic carbocycles. The molecule has 0 atom stereocenters. The van der Waals surface area contributed by atoms with Crippen LogP contribution in [0, 0.1) is 10.1 Å². The average Bonchev–Trinajstić information content (AvgIpc) is 3.05. The Bertz CT molecular complexity index is 1100. The lowest BCUT2D eigenvalue weighted by Gasteiger charge is -2.14. The van der Waals surface area contributed by atoms with Gasteiger partial charge in [0, 0.05) is 12.1 Å². The normalized spacial score (nSPS) is 14.6. The smallest absolute Gasteiger partial charge is 0.344 e. The molecule has 0 spiro atoms. The zero-order chi connectivity index (χ0) is 23.3. The van der Waals surface area contributed by atoms with Gasteiger partial charge in [0.1, 0.15) is 0 Å². The monoisotopic (exact) mass is 474 g/mol. The molecular weight excluding hydrogens is 456 g/mol. The summed E-state index contributed by atoms with van der Waals surface area (Å²) in [6.45, 7) is 1.66. The highest BCUT2D eigenvalue weighted by Gasteiger charge is 2.33. The zero-order valence-electron chi connectivity index (χ0n) is 17.1. The first-order chi connectivity index (χ1) is 15.3. The van der Waals surface area contributed by atoms with Crippen molar-refractivity contribution in [3.05, 3.63) is 63.0 Å². The number of nitro benzene ring substituents is 1. The quantitative estimate of drug-likeness (QED) is 0.185. The van der Waals surface area contributed by atoms with E-state index in [9.17, 15) is 19.7 Å². The summed E-state index contributed by atoms with van der Waals surface area (Å²) >= 11 is 6.45. The molecule has 1 saturated heterocycles. The second-order valence-corrected chi connectivity index (χ2v) is 7.97. The summed E-state index contributed by atoms with van der Waals surface area (Å²) in [4.78, 5) is 36.5. The van der Waals surface area contributed by atoms with Crippen molar-refractivity contribution in [2.24, 2.45) is 0 Å². The number of thioether (sulfide) groups is 1. The minimum absolute atomic E-state index is 0.0803. The molecule has 0 N–H and O–H groups in total. The standard InChI is InChI=1S/C21H18N2O7S2/c1-3-29-19(24)12-30-17-10-13(4-9-16(17)28-2)11-18-20(25)22(21(31)32-18)14-5-7-15(8-6-14)23(26)27/h4-11H,3,12H2,1-2H3/b18-11+. The number of hydrogen-bond donors (Lipinski definition) is 0. The molecule has 1 heterocycles. The maximum Gasteiger partial charge on any atom is 0.344 e. The first kappa shape index (κ1) is 23.2. The summed E-state index contributed by atoms with van der Waals surface area (Å²) in [5, 5.41) is 10.8. The van der Waals surface area contributed by atoms with Crippen LogP contribution < -0.4 is 14.4 Å². The van der Waals surface area contributed by atoms with Crippen molar-refractivity contribution in [1.29, 1.82) is 0 Å². The van der Waals surface area contributed by atoms with Gasteiger partial charge in [-0.25, -0.2) is 4.79 Å². The summed E-state index contributed by atoms with van der Waals surface area (Å²) < 4.78 is 15.9. The van der Waals surface area contributed by atoms with Crippen molar-refractivity contribution in [1.82, 2.24) is 0 Å². The Morgan fingerprint density at radius 1 is 1.22 bits per heavy atom. The second kappa shape index (κ2) is 10.2. The molecule has 2 aromatic rings. The topological polar surface area (TPSA) is 108 Å². The summed E-state index contributed by atoms with van der Waals surface area (Å²) in [7, 11) is 1.47. The van der Waals surface area contributed by atoms with Crippen LogP contribution in [0.2, 0.25) is 0 Å². The predicted molar refractivity (Wildman–Crippen MR) is 124 cm³/mol. The van der Waals surface area contributed by atoms with Crippen LogP contribution in [0.1, 0.15) is 12.5 Å². The van der Waals surface area contributed by atoms with E-state index in [1.807, 2.05) is 0 Å². The van der Waals surface area contributed by atoms with E-state index in [0.717, 1.165) is 11.8 Å². The van der Waals surface area contributed by atoms with Crippen molar-refractivity contribution in [3.8, 4) is 11.5 Å². The van der Waals surface area contributed by atoms with E-state index in [2.05, 4.69) is 0 Å². The van der Waals surface area contributed by atoms with Crippen LogP contribution >= 0.6 is 24.0 Å². The molecule has 1 fully saturated rings. The number of methoxy groups -OCH3 is 1. The van der Waals surface area contributed by atoms with Crippen LogP contribution in [0.3, 0.4) is 0 Å². The number of nitrogens with zero attached hydrogens (tertiary/aromatic N) is 2. The maximum atomic E-state index is 12.9. The molecule has 0 unspecified atom stereocenters. The van der Waals surface area contributed by atoms with Crippen LogP contribution in [0.5, 0.6) is 11.5 Å². The van der Waals surface area contributed by atoms with E-state index < -0.39 is 10.9 Å². The molecule has 166 valence electrons. The van der Waals surface area contributed by atoms with Gasteiger partial charge in [0.15, 0.2) is 22.4 Å². The number of nitro groups is 1. The Morgan fingerprint density at radius 3 is 2.56 bits per heavy atom. The fourth-order valence-corrected chi connectivity index (χ4v) is 4.10. The van der Waals surface area contributed by atoms with E-state index in [1.54, 1.807) is 31.2 Å². The highest BCUT2D eigenvalue weighted by Crippen LogP contribution is 2.37. The molecule has 32 heavy (non-hydrogen) atoms. The number of hydrogen-bond acceptors (Lipinski definition) is 9. The number of carbonyl (C=O) groups excluding carboxylic acids is 2. The van der Waals surface area contributed by atoms with Crippen molar-refractivity contribution < 1.29 is 28.7 Å². The van der Waals surface area contributed by atoms with Gasteiger partial charge >= 0.3 is 5.97 Å². The Morgan fingerprint density at radius 2 is 1.94 bits per heavy atom. The highest BCUT2D eigenvalue weighted by molar-refractivity contribution is 8.27. The lowest BCUT2D eigenvalue weighted by molar-refractivity contribution is -0.384. The third kappa shape index (κ3) is 5.24. The van der Waals surface area contributed by atoms with Gasteiger partial charge in [-0.3, -0.25) is 19.8 Å². The van der Waals surface area contributed by atoms with Gasteiger partial charge in [-0.15, -0.1) is 0 Å². The Kier molecular flexibility index (Phi) is 7.44. The Hall–Kier alpha value is -3.44. The number of carbonyl (C=O) groups is 2. The van der Waals surface area contributed by atoms with Gasteiger partial charge in [0.25, 0.3) is 11.6 Å². The van der Waals surface area contributed by atoms with E-state index in [0.29, 0.717) is 32.0 Å². The summed E-state index contributed by atoms with van der Waals surface area (Å²) in [5.74, 6) is -0.118. The van der Waals surface area contributed by atoms with Gasteiger partial charge < -0.3 is 14.2 Å². The van der Waals surface area contributed by atoms with Gasteiger partial charge in [0.2, 0.25) is 0 Å². The predicted octanol–water partition coefficient (Wildman–Crippen LogP) is 3.95. The van der Waals surface area contributed by atoms with Crippen molar-refractivity contribution in [2.45, 2.75) is 6.92 Å². The number of benzene rings is 2. The van der Waals surface area contributed by atoms with Gasteiger partial charge in [-0.05, 0) is 42.8 Å². The lowest BCUT2D eigenvalue weighted by Crippen LogP contribution is -2.27. The molecule has 0 aromatic heterocycles. The number of thiocarbonyl (C=S) groups is 1. The molecule has 11 heteroatoms. The summed E-state index contributed by atoms with van der Waals surface area (Å²) in [5.41, 5.74) is 0.992. The van der Waals surface area contributed by atoms with Crippen LogP contribution in [-0.2, 0) is 14.3 Å². The molecule has 1 aliphatic heterocycles. The Balaban J connectivity index is 1.82. The van der Waals surface area contributed by atoms with Gasteiger partial charge in [-0.2, -0.15) is 0 Å². The van der Waals surface area contributed by atoms with Crippen molar-refractivity contribution >= 4 is 57.6 Å². The molecule has 0 saturated carbocycles. The van der Waals surface area contributed by atoms with Gasteiger partial charge in [0.05, 0.1) is 29.2 Å². The third-order valence-corrected chi connectivity index (χ3v) is 5.55. The summed E-state index contributed by atoms with van der Waals surface area (Å²) in [6, 6.07) is 10.6. The minimum atomic E-state index is -0.515. The second-order valence-electron chi connectivity index (χ2n) is 6.29. The van der Waals surface area contributed by atoms with Gasteiger partial charge in [-0.1, -0.05) is 30.0 Å².